The van der Waals surface area contributed by atoms with Gasteiger partial charge in [0.2, 0.25) is 11.8 Å². The molecule has 0 spiro atoms. The van der Waals surface area contributed by atoms with Crippen molar-refractivity contribution in [2.75, 3.05) is 13.2 Å². The van der Waals surface area contributed by atoms with E-state index in [-0.39, 0.29) is 18.5 Å². The van der Waals surface area contributed by atoms with E-state index in [4.69, 9.17) is 23.7 Å². The fraction of sp³-hybridized carbons (Fsp3) is 0.732. The molecule has 15 nitrogen and oxygen atoms in total. The van der Waals surface area contributed by atoms with Gasteiger partial charge in [0.05, 0.1) is 13.2 Å². The molecule has 1 N–H and O–H groups in total. The first-order valence-electron chi connectivity index (χ1n) is 19.2. The van der Waals surface area contributed by atoms with Gasteiger partial charge in [-0.2, -0.15) is 0 Å². The van der Waals surface area contributed by atoms with Gasteiger partial charge in [0.25, 0.3) is 0 Å². The van der Waals surface area contributed by atoms with Gasteiger partial charge in [-0.25, -0.2) is 28.9 Å². The van der Waals surface area contributed by atoms with Crippen molar-refractivity contribution in [2.24, 2.45) is 0 Å². The topological polar surface area (TPSA) is 190 Å². The Morgan fingerprint density at radius 1 is 0.607 bits per heavy atom. The average molecular weight is 801 g/mol. The largest absolute Gasteiger partial charge is 0.519 e. The predicted octanol–water partition coefficient (Wildman–Crippen LogP) is 8.90. The Kier molecular flexibility index (Phi) is 29.8. The number of carbonyl (C=O) groups is 7. The van der Waals surface area contributed by atoms with E-state index in [1.807, 2.05) is 12.2 Å². The summed E-state index contributed by atoms with van der Waals surface area (Å²) in [5.41, 5.74) is -2.15. The molecule has 0 aliphatic carbocycles. The number of ether oxygens (including phenoxy) is 6. The van der Waals surface area contributed by atoms with E-state index < -0.39 is 59.2 Å². The lowest BCUT2D eigenvalue weighted by Crippen LogP contribution is -2.50. The van der Waals surface area contributed by atoms with Crippen LogP contribution in [-0.4, -0.2) is 89.2 Å². The van der Waals surface area contributed by atoms with Gasteiger partial charge in [0, 0.05) is 13.8 Å². The van der Waals surface area contributed by atoms with Crippen LogP contribution in [0.15, 0.2) is 25.3 Å². The number of rotatable bonds is 18. The van der Waals surface area contributed by atoms with Gasteiger partial charge in [-0.15, -0.1) is 13.2 Å². The minimum Gasteiger partial charge on any atom is -0.464 e. The van der Waals surface area contributed by atoms with Crippen molar-refractivity contribution < 1.29 is 62.0 Å². The van der Waals surface area contributed by atoms with Crippen LogP contribution in [0.3, 0.4) is 0 Å². The van der Waals surface area contributed by atoms with Crippen LogP contribution in [0.4, 0.5) is 14.4 Å². The summed E-state index contributed by atoms with van der Waals surface area (Å²) in [5, 5.41) is 2.62. The smallest absolute Gasteiger partial charge is 0.464 e. The first-order chi connectivity index (χ1) is 25.7. The molecule has 0 radical (unpaired) electrons. The zero-order valence-corrected chi connectivity index (χ0v) is 36.5. The third-order valence-electron chi connectivity index (χ3n) is 6.48. The molecule has 0 unspecified atom stereocenters. The summed E-state index contributed by atoms with van der Waals surface area (Å²) in [6.45, 7) is 29.1. The summed E-state index contributed by atoms with van der Waals surface area (Å²) in [4.78, 5) is 81.9. The van der Waals surface area contributed by atoms with Crippen LogP contribution >= 0.6 is 0 Å². The number of nitrogens with one attached hydrogen (secondary N) is 1. The molecule has 0 aliphatic rings. The number of carbonyl (C=O) groups excluding carboxylic acids is 7. The number of hydrogen-bond donors (Lipinski definition) is 1. The molecule has 0 aromatic carbocycles. The average Bonchev–Trinajstić information content (AvgIpc) is 3.01. The molecule has 324 valence electrons. The van der Waals surface area contributed by atoms with E-state index in [1.54, 1.807) is 76.2 Å². The van der Waals surface area contributed by atoms with Crippen LogP contribution in [0.1, 0.15) is 154 Å². The molecule has 0 saturated heterocycles. The van der Waals surface area contributed by atoms with E-state index >= 15 is 0 Å². The lowest BCUT2D eigenvalue weighted by molar-refractivity contribution is -0.154. The van der Waals surface area contributed by atoms with Crippen molar-refractivity contribution in [3.8, 4) is 0 Å². The van der Waals surface area contributed by atoms with Gasteiger partial charge in [0.15, 0.2) is 0 Å². The van der Waals surface area contributed by atoms with Crippen molar-refractivity contribution in [1.29, 1.82) is 0 Å². The first kappa shape index (κ1) is 55.9. The number of allylic oxidation sites excluding steroid dienone is 2. The summed E-state index contributed by atoms with van der Waals surface area (Å²) in [6.07, 6.45) is 9.19. The summed E-state index contributed by atoms with van der Waals surface area (Å²) in [5.74, 6) is -1.66. The maximum Gasteiger partial charge on any atom is 0.519 e. The lowest BCUT2D eigenvalue weighted by atomic mass is 10.1. The van der Waals surface area contributed by atoms with Gasteiger partial charge < -0.3 is 33.7 Å². The van der Waals surface area contributed by atoms with Gasteiger partial charge in [-0.05, 0) is 115 Å². The fourth-order valence-electron chi connectivity index (χ4n) is 4.34. The second kappa shape index (κ2) is 29.8. The summed E-state index contributed by atoms with van der Waals surface area (Å²) in [6, 6.07) is -1.46. The van der Waals surface area contributed by atoms with Crippen molar-refractivity contribution >= 4 is 42.2 Å². The minimum absolute atomic E-state index is 0.186. The Morgan fingerprint density at radius 3 is 1.38 bits per heavy atom. The normalized spacial score (nSPS) is 11.9. The number of nitrogens with zero attached hydrogens (tertiary/aromatic N) is 1. The molecule has 15 heteroatoms. The van der Waals surface area contributed by atoms with Crippen LogP contribution in [0.25, 0.3) is 0 Å². The Hall–Kier alpha value is -4.43. The number of unbranched alkanes of at least 4 members (excludes halogenated alkanes) is 6. The van der Waals surface area contributed by atoms with Crippen molar-refractivity contribution in [3.63, 3.8) is 0 Å². The fourth-order valence-corrected chi connectivity index (χ4v) is 4.34. The van der Waals surface area contributed by atoms with E-state index in [1.165, 1.54) is 13.8 Å². The zero-order chi connectivity index (χ0) is 44.1. The molecule has 0 heterocycles. The highest BCUT2D eigenvalue weighted by atomic mass is 16.8. The Balaban J connectivity index is -0.000000779. The Bertz CT molecular complexity index is 1200. The summed E-state index contributed by atoms with van der Waals surface area (Å²) in [7, 11) is 0. The van der Waals surface area contributed by atoms with E-state index in [0.717, 1.165) is 49.8 Å². The van der Waals surface area contributed by atoms with Crippen molar-refractivity contribution in [3.05, 3.63) is 25.3 Å². The maximum absolute atomic E-state index is 12.3. The molecule has 56 heavy (non-hydrogen) atoms. The minimum atomic E-state index is -1.06. The number of imide groups is 1. The molecule has 0 aromatic heterocycles. The third kappa shape index (κ3) is 34.1. The molecule has 0 aliphatic heterocycles. The molecule has 0 aromatic rings. The second-order valence-corrected chi connectivity index (χ2v) is 15.5. The Labute approximate surface area is 335 Å². The standard InChI is InChI=1S/C18H31NO5.C13H23NO3.C10H18O5/c1-7-9-10-11-12-13-15(16(21)23-8-2)19(14(3)20)17(22)24-18(4,5)6;1-4-6-7-8-9-10-12(14-11(3)15)13(16)17-5-2;1-9(2,3)14-7(11)13-8(12)15-10(4,5)6/h7,15H,1,8-13H2,2-6H3;4,12H,1,5-10H2,2-3H3,(H,14,15);1-6H3/t15-;12-;/m11./s1. The highest BCUT2D eigenvalue weighted by molar-refractivity contribution is 5.96. The monoisotopic (exact) mass is 801 g/mol. The molecule has 0 bridgehead atoms. The van der Waals surface area contributed by atoms with Crippen molar-refractivity contribution in [1.82, 2.24) is 10.2 Å². The van der Waals surface area contributed by atoms with Crippen LogP contribution < -0.4 is 5.32 Å². The summed E-state index contributed by atoms with van der Waals surface area (Å²) < 4.78 is 29.0. The quantitative estimate of drug-likeness (QED) is 0.0455. The third-order valence-corrected chi connectivity index (χ3v) is 6.48. The molecular formula is C41H72N2O13. The first-order valence-corrected chi connectivity index (χ1v) is 19.2. The van der Waals surface area contributed by atoms with E-state index in [9.17, 15) is 33.6 Å². The van der Waals surface area contributed by atoms with Gasteiger partial charge in [-0.1, -0.05) is 37.8 Å². The summed E-state index contributed by atoms with van der Waals surface area (Å²) >= 11 is 0. The SMILES string of the molecule is C=CCCCCC[C@@H](NC(C)=O)C(=O)OCC.C=CCCCCC[C@H](C(=O)OCC)N(C(C)=O)C(=O)OC(C)(C)C.CC(C)(C)OC(=O)OC(=O)OC(C)(C)C. The number of esters is 2. The van der Waals surface area contributed by atoms with Crippen molar-refractivity contribution in [2.45, 2.75) is 183 Å². The molecular weight excluding hydrogens is 728 g/mol. The molecule has 0 fully saturated rings. The van der Waals surface area contributed by atoms with Gasteiger partial charge in [-0.3, -0.25) is 9.59 Å². The highest BCUT2D eigenvalue weighted by Gasteiger charge is 2.36. The molecule has 2 atom stereocenters. The lowest BCUT2D eigenvalue weighted by Gasteiger charge is -2.30. The van der Waals surface area contributed by atoms with E-state index in [0.29, 0.717) is 25.9 Å². The highest BCUT2D eigenvalue weighted by Crippen LogP contribution is 2.18. The second-order valence-electron chi connectivity index (χ2n) is 15.5. The van der Waals surface area contributed by atoms with E-state index in [2.05, 4.69) is 23.2 Å². The van der Waals surface area contributed by atoms with Crippen LogP contribution in [-0.2, 0) is 47.6 Å². The maximum atomic E-state index is 12.3. The predicted molar refractivity (Wildman–Crippen MR) is 214 cm³/mol. The van der Waals surface area contributed by atoms with Gasteiger partial charge >= 0.3 is 30.3 Å². The molecule has 3 amide bonds. The van der Waals surface area contributed by atoms with Gasteiger partial charge in [0.1, 0.15) is 28.9 Å². The molecule has 0 saturated carbocycles. The molecule has 0 rings (SSSR count). The zero-order valence-electron chi connectivity index (χ0n) is 36.5. The Morgan fingerprint density at radius 2 is 1.02 bits per heavy atom. The van der Waals surface area contributed by atoms with Crippen LogP contribution in [0, 0.1) is 0 Å². The van der Waals surface area contributed by atoms with Crippen LogP contribution in [0.2, 0.25) is 0 Å². The van der Waals surface area contributed by atoms with Crippen LogP contribution in [0.5, 0.6) is 0 Å². The number of hydrogen-bond acceptors (Lipinski definition) is 13. The number of amides is 3.